The van der Waals surface area contributed by atoms with Crippen LogP contribution in [0.1, 0.15) is 28.5 Å². The lowest BCUT2D eigenvalue weighted by Gasteiger charge is -2.25. The molecule has 1 aromatic heterocycles. The zero-order valence-corrected chi connectivity index (χ0v) is 18.2. The van der Waals surface area contributed by atoms with Crippen molar-refractivity contribution in [2.75, 3.05) is 11.4 Å². The molecule has 2 heterocycles. The van der Waals surface area contributed by atoms with Crippen LogP contribution in [0.2, 0.25) is 0 Å². The van der Waals surface area contributed by atoms with E-state index < -0.39 is 0 Å². The van der Waals surface area contributed by atoms with Crippen molar-refractivity contribution in [3.05, 3.63) is 93.3 Å². The van der Waals surface area contributed by atoms with E-state index in [0.29, 0.717) is 30.0 Å². The number of anilines is 1. The Bertz CT molecular complexity index is 1120. The van der Waals surface area contributed by atoms with E-state index in [0.717, 1.165) is 21.6 Å². The maximum Gasteiger partial charge on any atom is 0.282 e. The van der Waals surface area contributed by atoms with Crippen LogP contribution in [0.3, 0.4) is 0 Å². The summed E-state index contributed by atoms with van der Waals surface area (Å²) >= 11 is 1.48. The Morgan fingerprint density at radius 1 is 0.933 bits per heavy atom. The molecule has 152 valence electrons. The molecule has 4 nitrogen and oxygen atoms in total. The van der Waals surface area contributed by atoms with Gasteiger partial charge in [0.2, 0.25) is 0 Å². The number of aryl methyl sites for hydroxylation is 2. The van der Waals surface area contributed by atoms with Crippen LogP contribution in [0.25, 0.3) is 5.57 Å². The maximum atomic E-state index is 13.7. The standard InChI is InChI=1S/C25H24N2O2S/c1-4-26(16-19-9-6-5-7-10-19)23-22(21-11-8-14-30-21)24(28)27(25(23)29)20-13-12-17(2)15-18(20)3/h5-15H,4,16H2,1-3H3. The minimum atomic E-state index is -0.256. The molecule has 1 aliphatic heterocycles. The van der Waals surface area contributed by atoms with Crippen LogP contribution in [-0.4, -0.2) is 23.3 Å². The van der Waals surface area contributed by atoms with Crippen molar-refractivity contribution < 1.29 is 9.59 Å². The predicted molar refractivity (Wildman–Crippen MR) is 122 cm³/mol. The molecular weight excluding hydrogens is 392 g/mol. The highest BCUT2D eigenvalue weighted by atomic mass is 32.1. The Kier molecular flexibility index (Phi) is 5.55. The van der Waals surface area contributed by atoms with Crippen molar-refractivity contribution in [3.8, 4) is 0 Å². The van der Waals surface area contributed by atoms with Gasteiger partial charge in [-0.15, -0.1) is 11.3 Å². The van der Waals surface area contributed by atoms with Gasteiger partial charge in [0.05, 0.1) is 11.3 Å². The van der Waals surface area contributed by atoms with E-state index in [1.54, 1.807) is 0 Å². The van der Waals surface area contributed by atoms with Gasteiger partial charge in [-0.3, -0.25) is 9.59 Å². The average molecular weight is 417 g/mol. The number of hydrogen-bond acceptors (Lipinski definition) is 4. The highest BCUT2D eigenvalue weighted by Crippen LogP contribution is 2.38. The van der Waals surface area contributed by atoms with Crippen LogP contribution >= 0.6 is 11.3 Å². The summed E-state index contributed by atoms with van der Waals surface area (Å²) in [6.45, 7) is 7.15. The first kappa shape index (κ1) is 20.1. The minimum Gasteiger partial charge on any atom is -0.362 e. The Hall–Kier alpha value is -3.18. The van der Waals surface area contributed by atoms with E-state index in [9.17, 15) is 9.59 Å². The summed E-state index contributed by atoms with van der Waals surface area (Å²) in [6.07, 6.45) is 0. The summed E-state index contributed by atoms with van der Waals surface area (Å²) in [5.74, 6) is -0.510. The molecular formula is C25H24N2O2S. The van der Waals surface area contributed by atoms with Gasteiger partial charge in [0.1, 0.15) is 5.70 Å². The molecule has 0 unspecified atom stereocenters. The van der Waals surface area contributed by atoms with Crippen LogP contribution in [0.5, 0.6) is 0 Å². The quantitative estimate of drug-likeness (QED) is 0.521. The lowest BCUT2D eigenvalue weighted by atomic mass is 10.1. The smallest absolute Gasteiger partial charge is 0.282 e. The first-order valence-corrected chi connectivity index (χ1v) is 10.9. The first-order chi connectivity index (χ1) is 14.5. The number of imide groups is 1. The summed E-state index contributed by atoms with van der Waals surface area (Å²) in [5, 5.41) is 1.94. The fourth-order valence-corrected chi connectivity index (χ4v) is 4.64. The molecule has 0 saturated carbocycles. The van der Waals surface area contributed by atoms with Gasteiger partial charge in [-0.1, -0.05) is 54.1 Å². The molecule has 3 aromatic rings. The van der Waals surface area contributed by atoms with E-state index in [4.69, 9.17) is 0 Å². The monoisotopic (exact) mass is 416 g/mol. The van der Waals surface area contributed by atoms with Gasteiger partial charge in [-0.25, -0.2) is 4.90 Å². The molecule has 0 aliphatic carbocycles. The van der Waals surface area contributed by atoms with Crippen LogP contribution in [0, 0.1) is 13.8 Å². The third-order valence-corrected chi connectivity index (χ3v) is 6.22. The molecule has 0 saturated heterocycles. The zero-order chi connectivity index (χ0) is 21.3. The highest BCUT2D eigenvalue weighted by molar-refractivity contribution is 7.11. The van der Waals surface area contributed by atoms with Crippen LogP contribution in [0.4, 0.5) is 5.69 Å². The van der Waals surface area contributed by atoms with Crippen LogP contribution < -0.4 is 4.90 Å². The fraction of sp³-hybridized carbons (Fsp3) is 0.200. The van der Waals surface area contributed by atoms with Crippen LogP contribution in [0.15, 0.2) is 71.7 Å². The number of thiophene rings is 1. The lowest BCUT2D eigenvalue weighted by molar-refractivity contribution is -0.120. The number of nitrogens with zero attached hydrogens (tertiary/aromatic N) is 2. The minimum absolute atomic E-state index is 0.254. The number of hydrogen-bond donors (Lipinski definition) is 0. The number of rotatable bonds is 6. The zero-order valence-electron chi connectivity index (χ0n) is 17.4. The van der Waals surface area contributed by atoms with Gasteiger partial charge in [-0.05, 0) is 49.4 Å². The number of benzene rings is 2. The van der Waals surface area contributed by atoms with Gasteiger partial charge < -0.3 is 4.90 Å². The Morgan fingerprint density at radius 3 is 2.33 bits per heavy atom. The van der Waals surface area contributed by atoms with Gasteiger partial charge >= 0.3 is 0 Å². The SMILES string of the molecule is CCN(Cc1ccccc1)C1=C(c2cccs2)C(=O)N(c2ccc(C)cc2C)C1=O. The summed E-state index contributed by atoms with van der Waals surface area (Å²) < 4.78 is 0. The second kappa shape index (κ2) is 8.28. The second-order valence-corrected chi connectivity index (χ2v) is 8.38. The predicted octanol–water partition coefficient (Wildman–Crippen LogP) is 5.17. The molecule has 0 atom stereocenters. The van der Waals surface area contributed by atoms with Gasteiger partial charge in [0, 0.05) is 18.0 Å². The van der Waals surface area contributed by atoms with Crippen molar-refractivity contribution in [2.45, 2.75) is 27.3 Å². The van der Waals surface area contributed by atoms with Gasteiger partial charge in [0.15, 0.2) is 0 Å². The van der Waals surface area contributed by atoms with Gasteiger partial charge in [0.25, 0.3) is 11.8 Å². The highest BCUT2D eigenvalue weighted by Gasteiger charge is 2.43. The molecule has 0 spiro atoms. The lowest BCUT2D eigenvalue weighted by Crippen LogP contribution is -2.35. The fourth-order valence-electron chi connectivity index (χ4n) is 3.88. The first-order valence-electron chi connectivity index (χ1n) is 10.0. The molecule has 2 aromatic carbocycles. The van der Waals surface area contributed by atoms with E-state index >= 15 is 0 Å². The molecule has 2 amide bonds. The molecule has 0 fully saturated rings. The Labute approximate surface area is 181 Å². The van der Waals surface area contributed by atoms with Crippen LogP contribution in [-0.2, 0) is 16.1 Å². The average Bonchev–Trinajstić information content (AvgIpc) is 3.34. The molecule has 1 aliphatic rings. The number of carbonyl (C=O) groups is 2. The van der Waals surface area contributed by atoms with Gasteiger partial charge in [-0.2, -0.15) is 0 Å². The Morgan fingerprint density at radius 2 is 1.70 bits per heavy atom. The second-order valence-electron chi connectivity index (χ2n) is 7.44. The Balaban J connectivity index is 1.81. The van der Waals surface area contributed by atoms with Crippen molar-refractivity contribution in [1.29, 1.82) is 0 Å². The molecule has 0 bridgehead atoms. The number of likely N-dealkylation sites (N-methyl/N-ethyl adjacent to an activating group) is 1. The maximum absolute atomic E-state index is 13.7. The summed E-state index contributed by atoms with van der Waals surface area (Å²) in [5.41, 5.74) is 4.73. The van der Waals surface area contributed by atoms with Crippen molar-refractivity contribution in [2.24, 2.45) is 0 Å². The van der Waals surface area contributed by atoms with Crippen molar-refractivity contribution in [3.63, 3.8) is 0 Å². The van der Waals surface area contributed by atoms with E-state index in [1.165, 1.54) is 16.2 Å². The third-order valence-electron chi connectivity index (χ3n) is 5.33. The summed E-state index contributed by atoms with van der Waals surface area (Å²) in [4.78, 5) is 31.4. The molecule has 4 rings (SSSR count). The number of amides is 2. The topological polar surface area (TPSA) is 40.6 Å². The van der Waals surface area contributed by atoms with Crippen molar-refractivity contribution in [1.82, 2.24) is 4.90 Å². The largest absolute Gasteiger partial charge is 0.362 e. The molecule has 5 heteroatoms. The normalized spacial score (nSPS) is 14.0. The number of carbonyl (C=O) groups excluding carboxylic acids is 2. The van der Waals surface area contributed by atoms with E-state index in [1.807, 2.05) is 91.7 Å². The summed E-state index contributed by atoms with van der Waals surface area (Å²) in [7, 11) is 0. The molecule has 0 N–H and O–H groups in total. The molecule has 30 heavy (non-hydrogen) atoms. The third kappa shape index (κ3) is 3.57. The van der Waals surface area contributed by atoms with E-state index in [2.05, 4.69) is 0 Å². The van der Waals surface area contributed by atoms with E-state index in [-0.39, 0.29) is 11.8 Å². The van der Waals surface area contributed by atoms with Crippen molar-refractivity contribution >= 4 is 34.4 Å². The molecule has 0 radical (unpaired) electrons. The summed E-state index contributed by atoms with van der Waals surface area (Å²) in [6, 6.07) is 19.7.